The second kappa shape index (κ2) is 4.45. The van der Waals surface area contributed by atoms with Gasteiger partial charge in [-0.1, -0.05) is 25.0 Å². The van der Waals surface area contributed by atoms with E-state index in [1.807, 2.05) is 0 Å². The molecule has 14 heavy (non-hydrogen) atoms. The molecule has 0 saturated heterocycles. The zero-order chi connectivity index (χ0) is 9.86. The fourth-order valence-electron chi connectivity index (χ4n) is 2.60. The molecule has 2 heteroatoms. The van der Waals surface area contributed by atoms with E-state index in [4.69, 9.17) is 5.73 Å². The Labute approximate surface area is 87.2 Å². The molecule has 0 aromatic heterocycles. The molecule has 1 fully saturated rings. The number of nitrogens with zero attached hydrogens (tertiary/aromatic N) is 1. The summed E-state index contributed by atoms with van der Waals surface area (Å²) in [6, 6.07) is 0. The van der Waals surface area contributed by atoms with Gasteiger partial charge in [0, 0.05) is 25.2 Å². The molecule has 1 aliphatic carbocycles. The summed E-state index contributed by atoms with van der Waals surface area (Å²) in [5.41, 5.74) is 6.51. The van der Waals surface area contributed by atoms with Crippen molar-refractivity contribution in [2.45, 2.75) is 44.1 Å². The highest BCUT2D eigenvalue weighted by Crippen LogP contribution is 2.30. The van der Waals surface area contributed by atoms with Crippen LogP contribution >= 0.6 is 0 Å². The van der Waals surface area contributed by atoms with Gasteiger partial charge in [-0.3, -0.25) is 4.90 Å². The molecule has 0 aromatic rings. The van der Waals surface area contributed by atoms with Crippen LogP contribution < -0.4 is 5.73 Å². The molecule has 0 aromatic carbocycles. The molecule has 0 atom stereocenters. The number of rotatable bonds is 3. The van der Waals surface area contributed by atoms with Gasteiger partial charge in [0.15, 0.2) is 0 Å². The monoisotopic (exact) mass is 194 g/mol. The summed E-state index contributed by atoms with van der Waals surface area (Å²) >= 11 is 0. The first-order valence-electron chi connectivity index (χ1n) is 5.95. The fraction of sp³-hybridized carbons (Fsp3) is 0.833. The van der Waals surface area contributed by atoms with E-state index in [2.05, 4.69) is 17.1 Å². The SMILES string of the molecule is NC1(CCN2CC=CCC2)CCCC1. The lowest BCUT2D eigenvalue weighted by Gasteiger charge is -2.29. The van der Waals surface area contributed by atoms with Crippen LogP contribution in [0, 0.1) is 0 Å². The van der Waals surface area contributed by atoms with Crippen molar-refractivity contribution >= 4 is 0 Å². The van der Waals surface area contributed by atoms with E-state index in [0.29, 0.717) is 0 Å². The zero-order valence-corrected chi connectivity index (χ0v) is 9.04. The minimum Gasteiger partial charge on any atom is -0.325 e. The Hall–Kier alpha value is -0.340. The van der Waals surface area contributed by atoms with Crippen LogP contribution in [0.25, 0.3) is 0 Å². The Morgan fingerprint density at radius 1 is 1.21 bits per heavy atom. The summed E-state index contributed by atoms with van der Waals surface area (Å²) in [6.07, 6.45) is 12.2. The number of hydrogen-bond donors (Lipinski definition) is 1. The quantitative estimate of drug-likeness (QED) is 0.695. The summed E-state index contributed by atoms with van der Waals surface area (Å²) in [4.78, 5) is 2.52. The third kappa shape index (κ3) is 2.58. The smallest absolute Gasteiger partial charge is 0.0166 e. The van der Waals surface area contributed by atoms with Crippen LogP contribution in [0.2, 0.25) is 0 Å². The lowest BCUT2D eigenvalue weighted by atomic mass is 9.94. The van der Waals surface area contributed by atoms with E-state index in [1.165, 1.54) is 51.6 Å². The lowest BCUT2D eigenvalue weighted by molar-refractivity contribution is 0.256. The number of hydrogen-bond acceptors (Lipinski definition) is 2. The van der Waals surface area contributed by atoms with Gasteiger partial charge in [-0.15, -0.1) is 0 Å². The van der Waals surface area contributed by atoms with Gasteiger partial charge in [-0.25, -0.2) is 0 Å². The van der Waals surface area contributed by atoms with Gasteiger partial charge < -0.3 is 5.73 Å². The largest absolute Gasteiger partial charge is 0.325 e. The average Bonchev–Trinajstić information content (AvgIpc) is 2.65. The van der Waals surface area contributed by atoms with Gasteiger partial charge >= 0.3 is 0 Å². The number of nitrogens with two attached hydrogens (primary N) is 1. The van der Waals surface area contributed by atoms with Gasteiger partial charge in [0.05, 0.1) is 0 Å². The molecule has 2 rings (SSSR count). The van der Waals surface area contributed by atoms with E-state index in [9.17, 15) is 0 Å². The third-order valence-corrected chi connectivity index (χ3v) is 3.67. The Balaban J connectivity index is 1.73. The van der Waals surface area contributed by atoms with Crippen molar-refractivity contribution in [3.63, 3.8) is 0 Å². The third-order valence-electron chi connectivity index (χ3n) is 3.67. The average molecular weight is 194 g/mol. The second-order valence-electron chi connectivity index (χ2n) is 4.88. The van der Waals surface area contributed by atoms with Crippen molar-refractivity contribution < 1.29 is 0 Å². The Morgan fingerprint density at radius 2 is 2.00 bits per heavy atom. The maximum Gasteiger partial charge on any atom is 0.0166 e. The van der Waals surface area contributed by atoms with Crippen molar-refractivity contribution in [2.75, 3.05) is 19.6 Å². The first kappa shape index (κ1) is 10.2. The Bertz CT molecular complexity index is 204. The van der Waals surface area contributed by atoms with Crippen molar-refractivity contribution in [1.82, 2.24) is 4.90 Å². The second-order valence-corrected chi connectivity index (χ2v) is 4.88. The highest BCUT2D eigenvalue weighted by atomic mass is 15.1. The van der Waals surface area contributed by atoms with Crippen LogP contribution in [0.3, 0.4) is 0 Å². The Kier molecular flexibility index (Phi) is 3.24. The van der Waals surface area contributed by atoms with E-state index in [0.717, 1.165) is 6.54 Å². The molecule has 1 heterocycles. The van der Waals surface area contributed by atoms with Crippen LogP contribution in [0.15, 0.2) is 12.2 Å². The van der Waals surface area contributed by atoms with Gasteiger partial charge in [0.2, 0.25) is 0 Å². The predicted molar refractivity (Wildman–Crippen MR) is 60.2 cm³/mol. The lowest BCUT2D eigenvalue weighted by Crippen LogP contribution is -2.41. The van der Waals surface area contributed by atoms with E-state index in [-0.39, 0.29) is 5.54 Å². The van der Waals surface area contributed by atoms with E-state index in [1.54, 1.807) is 0 Å². The highest BCUT2D eigenvalue weighted by molar-refractivity contribution is 4.93. The summed E-state index contributed by atoms with van der Waals surface area (Å²) < 4.78 is 0. The standard InChI is InChI=1S/C12H22N2/c13-12(6-2-3-7-12)8-11-14-9-4-1-5-10-14/h1,4H,2-3,5-11,13H2. The van der Waals surface area contributed by atoms with Gasteiger partial charge in [0.1, 0.15) is 0 Å². The van der Waals surface area contributed by atoms with Crippen molar-refractivity contribution in [2.24, 2.45) is 5.73 Å². The summed E-state index contributed by atoms with van der Waals surface area (Å²) in [7, 11) is 0. The molecule has 2 N–H and O–H groups in total. The van der Waals surface area contributed by atoms with Gasteiger partial charge in [-0.2, -0.15) is 0 Å². The first-order chi connectivity index (χ1) is 6.79. The van der Waals surface area contributed by atoms with Crippen LogP contribution in [0.1, 0.15) is 38.5 Å². The molecule has 0 radical (unpaired) electrons. The molecule has 1 aliphatic heterocycles. The van der Waals surface area contributed by atoms with Crippen LogP contribution in [-0.2, 0) is 0 Å². The van der Waals surface area contributed by atoms with Gasteiger partial charge in [-0.05, 0) is 25.7 Å². The van der Waals surface area contributed by atoms with E-state index < -0.39 is 0 Å². The maximum atomic E-state index is 6.33. The first-order valence-corrected chi connectivity index (χ1v) is 5.95. The topological polar surface area (TPSA) is 29.3 Å². The fourth-order valence-corrected chi connectivity index (χ4v) is 2.60. The van der Waals surface area contributed by atoms with Crippen LogP contribution in [0.5, 0.6) is 0 Å². The molecule has 0 spiro atoms. The highest BCUT2D eigenvalue weighted by Gasteiger charge is 2.29. The molecular formula is C12H22N2. The maximum absolute atomic E-state index is 6.33. The van der Waals surface area contributed by atoms with Crippen molar-refractivity contribution in [3.05, 3.63) is 12.2 Å². The molecule has 2 nitrogen and oxygen atoms in total. The minimum absolute atomic E-state index is 0.182. The predicted octanol–water partition coefficient (Wildman–Crippen LogP) is 1.91. The van der Waals surface area contributed by atoms with Crippen LogP contribution in [0.4, 0.5) is 0 Å². The Morgan fingerprint density at radius 3 is 2.64 bits per heavy atom. The molecular weight excluding hydrogens is 172 g/mol. The summed E-state index contributed by atoms with van der Waals surface area (Å²) in [5, 5.41) is 0. The van der Waals surface area contributed by atoms with E-state index >= 15 is 0 Å². The summed E-state index contributed by atoms with van der Waals surface area (Å²) in [6.45, 7) is 3.56. The zero-order valence-electron chi connectivity index (χ0n) is 9.04. The molecule has 80 valence electrons. The molecule has 0 amide bonds. The van der Waals surface area contributed by atoms with Gasteiger partial charge in [0.25, 0.3) is 0 Å². The van der Waals surface area contributed by atoms with Crippen LogP contribution in [-0.4, -0.2) is 30.1 Å². The normalized spacial score (nSPS) is 26.9. The van der Waals surface area contributed by atoms with Crippen molar-refractivity contribution in [3.8, 4) is 0 Å². The molecule has 0 unspecified atom stereocenters. The molecule has 1 saturated carbocycles. The minimum atomic E-state index is 0.182. The summed E-state index contributed by atoms with van der Waals surface area (Å²) in [5.74, 6) is 0. The molecule has 0 bridgehead atoms. The van der Waals surface area contributed by atoms with Crippen molar-refractivity contribution in [1.29, 1.82) is 0 Å². The molecule has 2 aliphatic rings.